The Hall–Kier alpha value is -0.470. The normalized spacial score (nSPS) is 16.9. The molecule has 88 valence electrons. The maximum absolute atomic E-state index is 5.79. The topological polar surface area (TPSA) is 26.0 Å². The summed E-state index contributed by atoms with van der Waals surface area (Å²) in [7, 11) is 0. The predicted molar refractivity (Wildman–Crippen MR) is 71.8 cm³/mol. The molecule has 1 nitrogen and oxygen atoms in total. The molecule has 1 fully saturated rings. The van der Waals surface area contributed by atoms with Gasteiger partial charge in [0.05, 0.1) is 0 Å². The second kappa shape index (κ2) is 5.74. The first-order valence-electron chi connectivity index (χ1n) is 6.22. The molecule has 0 bridgehead atoms. The van der Waals surface area contributed by atoms with Gasteiger partial charge in [-0.3, -0.25) is 0 Å². The van der Waals surface area contributed by atoms with Gasteiger partial charge in [-0.15, -0.1) is 11.8 Å². The molecule has 0 radical (unpaired) electrons. The van der Waals surface area contributed by atoms with Crippen molar-refractivity contribution in [1.82, 2.24) is 0 Å². The highest BCUT2D eigenvalue weighted by Gasteiger charge is 2.16. The third-order valence-electron chi connectivity index (χ3n) is 3.45. The van der Waals surface area contributed by atoms with Crippen molar-refractivity contribution in [2.45, 2.75) is 44.0 Å². The van der Waals surface area contributed by atoms with E-state index < -0.39 is 0 Å². The van der Waals surface area contributed by atoms with E-state index in [4.69, 9.17) is 5.73 Å². The highest BCUT2D eigenvalue weighted by Crippen LogP contribution is 2.33. The Morgan fingerprint density at radius 2 is 2.06 bits per heavy atom. The Morgan fingerprint density at radius 3 is 2.75 bits per heavy atom. The standard InChI is InChI=1S/C14H21NS/c1-11-5-4-8-13(9-15)14(11)16-10-12-6-2-3-7-12/h4-5,8,12H,2-3,6-7,9-10,15H2,1H3. The maximum atomic E-state index is 5.79. The van der Waals surface area contributed by atoms with Crippen LogP contribution in [0.15, 0.2) is 23.1 Å². The van der Waals surface area contributed by atoms with Crippen molar-refractivity contribution in [2.24, 2.45) is 11.7 Å². The molecule has 0 amide bonds. The van der Waals surface area contributed by atoms with Crippen LogP contribution in [0.5, 0.6) is 0 Å². The summed E-state index contributed by atoms with van der Waals surface area (Å²) in [5.74, 6) is 2.22. The largest absolute Gasteiger partial charge is 0.326 e. The van der Waals surface area contributed by atoms with E-state index in [0.717, 1.165) is 5.92 Å². The molecule has 1 aromatic carbocycles. The second-order valence-corrected chi connectivity index (χ2v) is 5.76. The van der Waals surface area contributed by atoms with E-state index in [1.165, 1.54) is 47.5 Å². The van der Waals surface area contributed by atoms with Gasteiger partial charge < -0.3 is 5.73 Å². The van der Waals surface area contributed by atoms with Crippen molar-refractivity contribution >= 4 is 11.8 Å². The monoisotopic (exact) mass is 235 g/mol. The lowest BCUT2D eigenvalue weighted by Crippen LogP contribution is -2.02. The van der Waals surface area contributed by atoms with Crippen molar-refractivity contribution in [3.8, 4) is 0 Å². The lowest BCUT2D eigenvalue weighted by atomic mass is 10.1. The Morgan fingerprint density at radius 1 is 1.31 bits per heavy atom. The van der Waals surface area contributed by atoms with E-state index in [-0.39, 0.29) is 0 Å². The average Bonchev–Trinajstić information content (AvgIpc) is 2.80. The zero-order chi connectivity index (χ0) is 11.4. The van der Waals surface area contributed by atoms with Gasteiger partial charge in [-0.1, -0.05) is 31.0 Å². The van der Waals surface area contributed by atoms with Gasteiger partial charge in [0.25, 0.3) is 0 Å². The number of hydrogen-bond donors (Lipinski definition) is 1. The number of thioether (sulfide) groups is 1. The first kappa shape index (κ1) is 12.0. The van der Waals surface area contributed by atoms with Crippen LogP contribution in [0.3, 0.4) is 0 Å². The number of rotatable bonds is 4. The second-order valence-electron chi connectivity index (χ2n) is 4.73. The van der Waals surface area contributed by atoms with E-state index >= 15 is 0 Å². The summed E-state index contributed by atoms with van der Waals surface area (Å²) in [6.45, 7) is 2.85. The first-order valence-corrected chi connectivity index (χ1v) is 7.21. The number of aryl methyl sites for hydroxylation is 1. The molecule has 0 aromatic heterocycles. The Labute approximate surface area is 103 Å². The van der Waals surface area contributed by atoms with Gasteiger partial charge in [-0.25, -0.2) is 0 Å². The number of nitrogens with two attached hydrogens (primary N) is 1. The molecule has 1 aliphatic rings. The molecule has 0 atom stereocenters. The quantitative estimate of drug-likeness (QED) is 0.805. The highest BCUT2D eigenvalue weighted by atomic mass is 32.2. The summed E-state index contributed by atoms with van der Waals surface area (Å²) >= 11 is 2.02. The third kappa shape index (κ3) is 2.80. The molecule has 16 heavy (non-hydrogen) atoms. The first-order chi connectivity index (χ1) is 7.81. The molecule has 0 heterocycles. The van der Waals surface area contributed by atoms with Crippen molar-refractivity contribution in [3.05, 3.63) is 29.3 Å². The molecule has 1 aliphatic carbocycles. The van der Waals surface area contributed by atoms with Crippen LogP contribution in [-0.2, 0) is 6.54 Å². The maximum Gasteiger partial charge on any atom is 0.0189 e. The summed E-state index contributed by atoms with van der Waals surface area (Å²) in [5, 5.41) is 0. The van der Waals surface area contributed by atoms with E-state index in [1.807, 2.05) is 11.8 Å². The van der Waals surface area contributed by atoms with Gasteiger partial charge in [0.1, 0.15) is 0 Å². The van der Waals surface area contributed by atoms with Gasteiger partial charge >= 0.3 is 0 Å². The lowest BCUT2D eigenvalue weighted by Gasteiger charge is -2.13. The molecule has 1 saturated carbocycles. The summed E-state index contributed by atoms with van der Waals surface area (Å²) in [6, 6.07) is 6.46. The van der Waals surface area contributed by atoms with Crippen LogP contribution in [0, 0.1) is 12.8 Å². The molecule has 2 rings (SSSR count). The zero-order valence-corrected chi connectivity index (χ0v) is 10.9. The minimum absolute atomic E-state index is 0.661. The molecule has 1 aromatic rings. The Kier molecular flexibility index (Phi) is 4.30. The summed E-state index contributed by atoms with van der Waals surface area (Å²) in [4.78, 5) is 1.43. The van der Waals surface area contributed by atoms with Crippen molar-refractivity contribution in [1.29, 1.82) is 0 Å². The lowest BCUT2D eigenvalue weighted by molar-refractivity contribution is 0.623. The molecule has 0 unspecified atom stereocenters. The summed E-state index contributed by atoms with van der Waals surface area (Å²) in [5.41, 5.74) is 8.48. The van der Waals surface area contributed by atoms with Gasteiger partial charge in [-0.2, -0.15) is 0 Å². The van der Waals surface area contributed by atoms with E-state index in [2.05, 4.69) is 25.1 Å². The molecule has 0 saturated heterocycles. The molecule has 2 N–H and O–H groups in total. The van der Waals surface area contributed by atoms with E-state index in [1.54, 1.807) is 0 Å². The molecule has 2 heteroatoms. The van der Waals surface area contributed by atoms with Crippen molar-refractivity contribution in [2.75, 3.05) is 5.75 Å². The fourth-order valence-corrected chi connectivity index (χ4v) is 3.83. The summed E-state index contributed by atoms with van der Waals surface area (Å²) < 4.78 is 0. The van der Waals surface area contributed by atoms with E-state index in [9.17, 15) is 0 Å². The van der Waals surface area contributed by atoms with Gasteiger partial charge in [0.15, 0.2) is 0 Å². The van der Waals surface area contributed by atoms with Gasteiger partial charge in [-0.05, 0) is 36.8 Å². The van der Waals surface area contributed by atoms with Crippen LogP contribution in [0.4, 0.5) is 0 Å². The van der Waals surface area contributed by atoms with Crippen LogP contribution >= 0.6 is 11.8 Å². The number of benzene rings is 1. The molecule has 0 spiro atoms. The fourth-order valence-electron chi connectivity index (χ4n) is 2.46. The fraction of sp³-hybridized carbons (Fsp3) is 0.571. The smallest absolute Gasteiger partial charge is 0.0189 e. The van der Waals surface area contributed by atoms with Crippen molar-refractivity contribution < 1.29 is 0 Å². The van der Waals surface area contributed by atoms with Crippen molar-refractivity contribution in [3.63, 3.8) is 0 Å². The van der Waals surface area contributed by atoms with Crippen LogP contribution in [0.2, 0.25) is 0 Å². The Balaban J connectivity index is 2.01. The van der Waals surface area contributed by atoms with Gasteiger partial charge in [0, 0.05) is 17.2 Å². The van der Waals surface area contributed by atoms with E-state index in [0.29, 0.717) is 6.54 Å². The SMILES string of the molecule is Cc1cccc(CN)c1SCC1CCCC1. The predicted octanol–water partition coefficient (Wildman–Crippen LogP) is 3.74. The molecular weight excluding hydrogens is 214 g/mol. The number of hydrogen-bond acceptors (Lipinski definition) is 2. The minimum atomic E-state index is 0.661. The molecule has 0 aliphatic heterocycles. The zero-order valence-electron chi connectivity index (χ0n) is 10.0. The molecular formula is C14H21NS. The minimum Gasteiger partial charge on any atom is -0.326 e. The van der Waals surface area contributed by atoms with Crippen LogP contribution in [0.1, 0.15) is 36.8 Å². The summed E-state index contributed by atoms with van der Waals surface area (Å²) in [6.07, 6.45) is 5.72. The van der Waals surface area contributed by atoms with Crippen LogP contribution < -0.4 is 5.73 Å². The third-order valence-corrected chi connectivity index (χ3v) is 4.96. The van der Waals surface area contributed by atoms with Crippen LogP contribution in [-0.4, -0.2) is 5.75 Å². The highest BCUT2D eigenvalue weighted by molar-refractivity contribution is 7.99. The average molecular weight is 235 g/mol. The van der Waals surface area contributed by atoms with Gasteiger partial charge in [0.2, 0.25) is 0 Å². The van der Waals surface area contributed by atoms with Crippen LogP contribution in [0.25, 0.3) is 0 Å². The Bertz CT molecular complexity index is 343.